The molecular formula is C13H20ClN3OS. The summed E-state index contributed by atoms with van der Waals surface area (Å²) in [7, 11) is 1.68. The number of carbonyl (C=O) groups is 1. The van der Waals surface area contributed by atoms with Gasteiger partial charge in [-0.25, -0.2) is 0 Å². The van der Waals surface area contributed by atoms with Crippen molar-refractivity contribution in [3.63, 3.8) is 0 Å². The Morgan fingerprint density at radius 2 is 2.26 bits per heavy atom. The van der Waals surface area contributed by atoms with Gasteiger partial charge < -0.3 is 10.6 Å². The minimum Gasteiger partial charge on any atom is -0.358 e. The quantitative estimate of drug-likeness (QED) is 0.870. The van der Waals surface area contributed by atoms with Crippen molar-refractivity contribution in [1.29, 1.82) is 0 Å². The van der Waals surface area contributed by atoms with Crippen LogP contribution in [0, 0.1) is 0 Å². The molecule has 0 radical (unpaired) electrons. The molecule has 106 valence electrons. The predicted octanol–water partition coefficient (Wildman–Crippen LogP) is 1.70. The Kier molecular flexibility index (Phi) is 5.63. The van der Waals surface area contributed by atoms with Gasteiger partial charge in [-0.05, 0) is 18.9 Å². The number of nitrogens with zero attached hydrogens (tertiary/aromatic N) is 1. The van der Waals surface area contributed by atoms with Crippen LogP contribution in [0.5, 0.6) is 0 Å². The molecule has 4 nitrogen and oxygen atoms in total. The molecular weight excluding hydrogens is 282 g/mol. The van der Waals surface area contributed by atoms with E-state index in [4.69, 9.17) is 11.6 Å². The number of hydrogen-bond acceptors (Lipinski definition) is 4. The van der Waals surface area contributed by atoms with Gasteiger partial charge in [0.1, 0.15) is 0 Å². The second kappa shape index (κ2) is 7.24. The summed E-state index contributed by atoms with van der Waals surface area (Å²) in [5.74, 6) is 0.0969. The first-order valence-electron chi connectivity index (χ1n) is 6.56. The van der Waals surface area contributed by atoms with Crippen LogP contribution in [0.1, 0.15) is 17.7 Å². The van der Waals surface area contributed by atoms with Crippen molar-refractivity contribution in [2.24, 2.45) is 0 Å². The zero-order chi connectivity index (χ0) is 13.7. The number of halogens is 1. The van der Waals surface area contributed by atoms with E-state index >= 15 is 0 Å². The summed E-state index contributed by atoms with van der Waals surface area (Å²) in [4.78, 5) is 14.8. The number of nitrogens with one attached hydrogen (secondary N) is 2. The van der Waals surface area contributed by atoms with Gasteiger partial charge in [-0.1, -0.05) is 11.6 Å². The maximum absolute atomic E-state index is 11.3. The Bertz CT molecular complexity index is 416. The number of likely N-dealkylation sites (tertiary alicyclic amines) is 1. The highest BCUT2D eigenvalue weighted by molar-refractivity contribution is 7.10. The van der Waals surface area contributed by atoms with Crippen molar-refractivity contribution in [2.45, 2.75) is 25.4 Å². The van der Waals surface area contributed by atoms with Gasteiger partial charge in [-0.3, -0.25) is 9.69 Å². The molecule has 2 heterocycles. The summed E-state index contributed by atoms with van der Waals surface area (Å²) in [6.45, 7) is 3.37. The van der Waals surface area contributed by atoms with Crippen LogP contribution in [0.4, 0.5) is 0 Å². The van der Waals surface area contributed by atoms with Crippen LogP contribution >= 0.6 is 22.9 Å². The monoisotopic (exact) mass is 301 g/mol. The normalized spacial score (nSPS) is 17.6. The second-order valence-electron chi connectivity index (χ2n) is 4.84. The Morgan fingerprint density at radius 3 is 2.84 bits per heavy atom. The van der Waals surface area contributed by atoms with E-state index < -0.39 is 0 Å². The lowest BCUT2D eigenvalue weighted by Crippen LogP contribution is -2.45. The number of piperidine rings is 1. The molecule has 6 heteroatoms. The number of likely N-dealkylation sites (N-methyl/N-ethyl adjacent to an activating group) is 1. The zero-order valence-corrected chi connectivity index (χ0v) is 12.7. The summed E-state index contributed by atoms with van der Waals surface area (Å²) in [6.07, 6.45) is 2.19. The van der Waals surface area contributed by atoms with E-state index in [9.17, 15) is 4.79 Å². The lowest BCUT2D eigenvalue weighted by atomic mass is 10.1. The molecule has 0 aliphatic carbocycles. The third-order valence-electron chi connectivity index (χ3n) is 3.42. The van der Waals surface area contributed by atoms with E-state index in [-0.39, 0.29) is 5.91 Å². The minimum absolute atomic E-state index is 0.0969. The van der Waals surface area contributed by atoms with Gasteiger partial charge in [0.05, 0.1) is 11.6 Å². The van der Waals surface area contributed by atoms with Crippen LogP contribution in [0.2, 0.25) is 5.02 Å². The lowest BCUT2D eigenvalue weighted by Gasteiger charge is -2.31. The predicted molar refractivity (Wildman–Crippen MR) is 79.7 cm³/mol. The topological polar surface area (TPSA) is 44.4 Å². The molecule has 1 aromatic heterocycles. The van der Waals surface area contributed by atoms with Crippen LogP contribution in [0.3, 0.4) is 0 Å². The molecule has 1 aliphatic rings. The summed E-state index contributed by atoms with van der Waals surface area (Å²) in [5, 5.41) is 9.01. The third kappa shape index (κ3) is 4.76. The smallest absolute Gasteiger partial charge is 0.233 e. The molecule has 19 heavy (non-hydrogen) atoms. The molecule has 2 N–H and O–H groups in total. The first-order valence-corrected chi connectivity index (χ1v) is 7.82. The molecule has 0 bridgehead atoms. The molecule has 1 amide bonds. The van der Waals surface area contributed by atoms with E-state index in [1.54, 1.807) is 18.4 Å². The highest BCUT2D eigenvalue weighted by Gasteiger charge is 2.20. The van der Waals surface area contributed by atoms with E-state index in [2.05, 4.69) is 15.5 Å². The Hall–Kier alpha value is -0.620. The fraction of sp³-hybridized carbons (Fsp3) is 0.615. The zero-order valence-electron chi connectivity index (χ0n) is 11.1. The lowest BCUT2D eigenvalue weighted by molar-refractivity contribution is -0.122. The van der Waals surface area contributed by atoms with E-state index in [1.807, 2.05) is 11.4 Å². The van der Waals surface area contributed by atoms with Crippen molar-refractivity contribution in [3.05, 3.63) is 21.3 Å². The SMILES string of the molecule is CNC(=O)CN1CCC(NCc2cc(Cl)cs2)CC1. The van der Waals surface area contributed by atoms with E-state index in [0.717, 1.165) is 37.5 Å². The van der Waals surface area contributed by atoms with Crippen molar-refractivity contribution >= 4 is 28.8 Å². The maximum atomic E-state index is 11.3. The maximum Gasteiger partial charge on any atom is 0.233 e. The summed E-state index contributed by atoms with van der Waals surface area (Å²) in [5.41, 5.74) is 0. The molecule has 1 aromatic rings. The fourth-order valence-corrected chi connectivity index (χ4v) is 3.29. The summed E-state index contributed by atoms with van der Waals surface area (Å²) < 4.78 is 0. The minimum atomic E-state index is 0.0969. The molecule has 0 unspecified atom stereocenters. The van der Waals surface area contributed by atoms with E-state index in [1.165, 1.54) is 4.88 Å². The number of thiophene rings is 1. The van der Waals surface area contributed by atoms with Crippen LogP contribution < -0.4 is 10.6 Å². The van der Waals surface area contributed by atoms with Crippen molar-refractivity contribution in [2.75, 3.05) is 26.7 Å². The molecule has 0 saturated carbocycles. The van der Waals surface area contributed by atoms with Crippen LogP contribution in [0.15, 0.2) is 11.4 Å². The summed E-state index contributed by atoms with van der Waals surface area (Å²) >= 11 is 7.59. The van der Waals surface area contributed by atoms with Gasteiger partial charge in [0, 0.05) is 43.0 Å². The highest BCUT2D eigenvalue weighted by Crippen LogP contribution is 2.19. The molecule has 0 aromatic carbocycles. The molecule has 2 rings (SSSR count). The second-order valence-corrected chi connectivity index (χ2v) is 6.27. The third-order valence-corrected chi connectivity index (χ3v) is 4.70. The largest absolute Gasteiger partial charge is 0.358 e. The van der Waals surface area contributed by atoms with Gasteiger partial charge in [0.25, 0.3) is 0 Å². The molecule has 0 atom stereocenters. The van der Waals surface area contributed by atoms with Crippen LogP contribution in [-0.4, -0.2) is 43.5 Å². The number of amides is 1. The van der Waals surface area contributed by atoms with Gasteiger partial charge in [0.15, 0.2) is 0 Å². The van der Waals surface area contributed by atoms with Gasteiger partial charge in [0.2, 0.25) is 5.91 Å². The Labute approximate surface area is 123 Å². The molecule has 1 saturated heterocycles. The molecule has 1 fully saturated rings. The molecule has 1 aliphatic heterocycles. The highest BCUT2D eigenvalue weighted by atomic mass is 35.5. The van der Waals surface area contributed by atoms with Crippen molar-refractivity contribution in [1.82, 2.24) is 15.5 Å². The fourth-order valence-electron chi connectivity index (χ4n) is 2.27. The number of rotatable bonds is 5. The first-order chi connectivity index (χ1) is 9.17. The number of hydrogen-bond donors (Lipinski definition) is 2. The van der Waals surface area contributed by atoms with E-state index in [0.29, 0.717) is 12.6 Å². The van der Waals surface area contributed by atoms with Gasteiger partial charge in [-0.2, -0.15) is 0 Å². The number of carbonyl (C=O) groups excluding carboxylic acids is 1. The van der Waals surface area contributed by atoms with Gasteiger partial charge in [-0.15, -0.1) is 11.3 Å². The van der Waals surface area contributed by atoms with Gasteiger partial charge >= 0.3 is 0 Å². The molecule has 0 spiro atoms. The average Bonchev–Trinajstić information content (AvgIpc) is 2.83. The average molecular weight is 302 g/mol. The van der Waals surface area contributed by atoms with Crippen LogP contribution in [0.25, 0.3) is 0 Å². The van der Waals surface area contributed by atoms with Crippen molar-refractivity contribution < 1.29 is 4.79 Å². The Morgan fingerprint density at radius 1 is 1.53 bits per heavy atom. The summed E-state index contributed by atoms with van der Waals surface area (Å²) in [6, 6.07) is 2.56. The Balaban J connectivity index is 1.67. The standard InChI is InChI=1S/C13H20ClN3OS/c1-15-13(18)8-17-4-2-11(3-5-17)16-7-12-6-10(14)9-19-12/h6,9,11,16H,2-5,7-8H2,1H3,(H,15,18). The van der Waals surface area contributed by atoms with Crippen molar-refractivity contribution in [3.8, 4) is 0 Å². The van der Waals surface area contributed by atoms with Crippen LogP contribution in [-0.2, 0) is 11.3 Å². The first kappa shape index (κ1) is 14.8.